The molecule has 0 saturated carbocycles. The van der Waals surface area contributed by atoms with Gasteiger partial charge < -0.3 is 9.84 Å². The van der Waals surface area contributed by atoms with Crippen molar-refractivity contribution >= 4 is 21.9 Å². The number of benzene rings is 1. The SMILES string of the molecule is CCOc1ccc(C(C)C(=O)O)cc1Br. The van der Waals surface area contributed by atoms with Crippen LogP contribution in [0, 0.1) is 0 Å². The highest BCUT2D eigenvalue weighted by Crippen LogP contribution is 2.29. The lowest BCUT2D eigenvalue weighted by molar-refractivity contribution is -0.138. The maximum atomic E-state index is 10.8. The number of hydrogen-bond donors (Lipinski definition) is 1. The molecule has 0 spiro atoms. The third kappa shape index (κ3) is 2.96. The van der Waals surface area contributed by atoms with Crippen LogP contribution in [0.5, 0.6) is 5.75 Å². The van der Waals surface area contributed by atoms with Crippen molar-refractivity contribution in [3.05, 3.63) is 28.2 Å². The third-order valence-electron chi connectivity index (χ3n) is 2.13. The van der Waals surface area contributed by atoms with Gasteiger partial charge in [-0.3, -0.25) is 4.79 Å². The number of ether oxygens (including phenoxy) is 1. The molecule has 4 heteroatoms. The first kappa shape index (κ1) is 12.0. The molecule has 0 aliphatic heterocycles. The molecule has 82 valence electrons. The van der Waals surface area contributed by atoms with E-state index in [1.54, 1.807) is 25.1 Å². The number of carboxylic acids is 1. The Kier molecular flexibility index (Phi) is 4.15. The summed E-state index contributed by atoms with van der Waals surface area (Å²) in [6.07, 6.45) is 0. The summed E-state index contributed by atoms with van der Waals surface area (Å²) in [7, 11) is 0. The second kappa shape index (κ2) is 5.16. The Morgan fingerprint density at radius 1 is 1.60 bits per heavy atom. The highest BCUT2D eigenvalue weighted by molar-refractivity contribution is 9.10. The van der Waals surface area contributed by atoms with Gasteiger partial charge in [0.15, 0.2) is 0 Å². The third-order valence-corrected chi connectivity index (χ3v) is 2.75. The molecule has 1 atom stereocenters. The Labute approximate surface area is 97.2 Å². The molecule has 1 rings (SSSR count). The number of halogens is 1. The molecule has 0 fully saturated rings. The molecule has 3 nitrogen and oxygen atoms in total. The second-order valence-electron chi connectivity index (χ2n) is 3.18. The van der Waals surface area contributed by atoms with Gasteiger partial charge in [-0.25, -0.2) is 0 Å². The topological polar surface area (TPSA) is 46.5 Å². The molecule has 0 aliphatic rings. The maximum Gasteiger partial charge on any atom is 0.310 e. The molecule has 0 aromatic heterocycles. The zero-order chi connectivity index (χ0) is 11.4. The van der Waals surface area contributed by atoms with Gasteiger partial charge in [0.05, 0.1) is 17.0 Å². The van der Waals surface area contributed by atoms with Gasteiger partial charge in [0.25, 0.3) is 0 Å². The highest BCUT2D eigenvalue weighted by atomic mass is 79.9. The number of carbonyl (C=O) groups is 1. The van der Waals surface area contributed by atoms with Crippen LogP contribution in [0.4, 0.5) is 0 Å². The molecule has 0 aliphatic carbocycles. The van der Waals surface area contributed by atoms with E-state index in [1.807, 2.05) is 6.92 Å². The van der Waals surface area contributed by atoms with Gasteiger partial charge in [0, 0.05) is 0 Å². The van der Waals surface area contributed by atoms with E-state index in [0.29, 0.717) is 6.61 Å². The Bertz CT molecular complexity index is 363. The van der Waals surface area contributed by atoms with Crippen molar-refractivity contribution in [1.29, 1.82) is 0 Å². The Hall–Kier alpha value is -1.03. The molecule has 0 saturated heterocycles. The van der Waals surface area contributed by atoms with Crippen molar-refractivity contribution in [3.8, 4) is 5.75 Å². The van der Waals surface area contributed by atoms with E-state index in [2.05, 4.69) is 15.9 Å². The lowest BCUT2D eigenvalue weighted by Gasteiger charge is -2.10. The molecule has 1 aromatic carbocycles. The first-order chi connectivity index (χ1) is 7.06. The average Bonchev–Trinajstić information content (AvgIpc) is 2.20. The number of rotatable bonds is 4. The molecule has 0 bridgehead atoms. The maximum absolute atomic E-state index is 10.8. The summed E-state index contributed by atoms with van der Waals surface area (Å²) in [6.45, 7) is 4.15. The van der Waals surface area contributed by atoms with Gasteiger partial charge in [0.1, 0.15) is 5.75 Å². The van der Waals surface area contributed by atoms with E-state index >= 15 is 0 Å². The largest absolute Gasteiger partial charge is 0.493 e. The molecule has 1 N–H and O–H groups in total. The van der Waals surface area contributed by atoms with E-state index in [-0.39, 0.29) is 0 Å². The smallest absolute Gasteiger partial charge is 0.310 e. The quantitative estimate of drug-likeness (QED) is 0.917. The van der Waals surface area contributed by atoms with Crippen LogP contribution in [0.1, 0.15) is 25.3 Å². The minimum absolute atomic E-state index is 0.503. The van der Waals surface area contributed by atoms with Gasteiger partial charge in [0.2, 0.25) is 0 Å². The summed E-state index contributed by atoms with van der Waals surface area (Å²) < 4.78 is 6.12. The van der Waals surface area contributed by atoms with Gasteiger partial charge >= 0.3 is 5.97 Å². The Morgan fingerprint density at radius 3 is 2.73 bits per heavy atom. The minimum atomic E-state index is -0.828. The van der Waals surface area contributed by atoms with Crippen LogP contribution in [0.25, 0.3) is 0 Å². The van der Waals surface area contributed by atoms with Crippen molar-refractivity contribution in [2.75, 3.05) is 6.61 Å². The molecule has 0 radical (unpaired) electrons. The predicted octanol–water partition coefficient (Wildman–Crippen LogP) is 3.04. The van der Waals surface area contributed by atoms with E-state index in [1.165, 1.54) is 0 Å². The summed E-state index contributed by atoms with van der Waals surface area (Å²) in [5, 5.41) is 8.85. The molecular weight excluding hydrogens is 260 g/mol. The Morgan fingerprint density at radius 2 is 2.27 bits per heavy atom. The lowest BCUT2D eigenvalue weighted by atomic mass is 10.0. The van der Waals surface area contributed by atoms with Crippen molar-refractivity contribution in [2.24, 2.45) is 0 Å². The number of hydrogen-bond acceptors (Lipinski definition) is 2. The average molecular weight is 273 g/mol. The van der Waals surface area contributed by atoms with Crippen LogP contribution >= 0.6 is 15.9 Å². The van der Waals surface area contributed by atoms with Crippen LogP contribution in [-0.4, -0.2) is 17.7 Å². The first-order valence-corrected chi connectivity index (χ1v) is 5.50. The summed E-state index contributed by atoms with van der Waals surface area (Å²) in [4.78, 5) is 10.8. The molecule has 0 heterocycles. The van der Waals surface area contributed by atoms with E-state index < -0.39 is 11.9 Å². The fourth-order valence-electron chi connectivity index (χ4n) is 1.20. The van der Waals surface area contributed by atoms with E-state index in [0.717, 1.165) is 15.8 Å². The fourth-order valence-corrected chi connectivity index (χ4v) is 1.71. The van der Waals surface area contributed by atoms with Gasteiger partial charge in [-0.2, -0.15) is 0 Å². The number of aliphatic carboxylic acids is 1. The highest BCUT2D eigenvalue weighted by Gasteiger charge is 2.14. The summed E-state index contributed by atoms with van der Waals surface area (Å²) >= 11 is 3.35. The van der Waals surface area contributed by atoms with Crippen LogP contribution < -0.4 is 4.74 Å². The zero-order valence-corrected chi connectivity index (χ0v) is 10.2. The van der Waals surface area contributed by atoms with Gasteiger partial charge in [-0.1, -0.05) is 6.07 Å². The minimum Gasteiger partial charge on any atom is -0.493 e. The van der Waals surface area contributed by atoms with Gasteiger partial charge in [-0.05, 0) is 47.5 Å². The normalized spacial score (nSPS) is 12.2. The van der Waals surface area contributed by atoms with Crippen LogP contribution in [0.3, 0.4) is 0 Å². The van der Waals surface area contributed by atoms with Crippen LogP contribution in [0.15, 0.2) is 22.7 Å². The molecule has 0 amide bonds. The summed E-state index contributed by atoms with van der Waals surface area (Å²) in [5.41, 5.74) is 0.762. The lowest BCUT2D eigenvalue weighted by Crippen LogP contribution is -2.07. The fraction of sp³-hybridized carbons (Fsp3) is 0.364. The van der Waals surface area contributed by atoms with Gasteiger partial charge in [-0.15, -0.1) is 0 Å². The van der Waals surface area contributed by atoms with Crippen molar-refractivity contribution < 1.29 is 14.6 Å². The van der Waals surface area contributed by atoms with E-state index in [4.69, 9.17) is 9.84 Å². The molecule has 1 aromatic rings. The molecule has 1 unspecified atom stereocenters. The van der Waals surface area contributed by atoms with Crippen molar-refractivity contribution in [2.45, 2.75) is 19.8 Å². The van der Waals surface area contributed by atoms with Crippen LogP contribution in [-0.2, 0) is 4.79 Å². The van der Waals surface area contributed by atoms with Crippen LogP contribution in [0.2, 0.25) is 0 Å². The Balaban J connectivity index is 2.95. The predicted molar refractivity (Wildman–Crippen MR) is 61.4 cm³/mol. The molecule has 15 heavy (non-hydrogen) atoms. The summed E-state index contributed by atoms with van der Waals surface area (Å²) in [6, 6.07) is 5.33. The standard InChI is InChI=1S/C11H13BrO3/c1-3-15-10-5-4-8(6-9(10)12)7(2)11(13)14/h4-7H,3H2,1-2H3,(H,13,14). The second-order valence-corrected chi connectivity index (χ2v) is 4.04. The molecular formula is C11H13BrO3. The zero-order valence-electron chi connectivity index (χ0n) is 8.66. The van der Waals surface area contributed by atoms with Crippen molar-refractivity contribution in [3.63, 3.8) is 0 Å². The number of carboxylic acid groups (broad SMARTS) is 1. The van der Waals surface area contributed by atoms with Crippen molar-refractivity contribution in [1.82, 2.24) is 0 Å². The first-order valence-electron chi connectivity index (χ1n) is 4.71. The monoisotopic (exact) mass is 272 g/mol. The van der Waals surface area contributed by atoms with E-state index in [9.17, 15) is 4.79 Å². The summed E-state index contributed by atoms with van der Waals surface area (Å²) in [5.74, 6) is -0.595.